The van der Waals surface area contributed by atoms with Gasteiger partial charge in [0.2, 0.25) is 5.91 Å². The Morgan fingerprint density at radius 1 is 1.15 bits per heavy atom. The molecule has 1 saturated carbocycles. The van der Waals surface area contributed by atoms with Crippen LogP contribution in [0.15, 0.2) is 48.7 Å². The SMILES string of the molecule is COc1ccc(C(=O)N2CCC[C@@]3(C(=O)NCC4CC4)CN(c4ccccn4)C[C@H]3C2)cc1. The van der Waals surface area contributed by atoms with E-state index in [1.807, 2.05) is 47.4 Å². The molecule has 33 heavy (non-hydrogen) atoms. The van der Waals surface area contributed by atoms with Gasteiger partial charge in [-0.3, -0.25) is 9.59 Å². The number of carbonyl (C=O) groups excluding carboxylic acids is 2. The molecule has 174 valence electrons. The molecule has 1 aromatic heterocycles. The largest absolute Gasteiger partial charge is 0.497 e. The summed E-state index contributed by atoms with van der Waals surface area (Å²) in [6, 6.07) is 13.2. The highest BCUT2D eigenvalue weighted by molar-refractivity contribution is 5.94. The molecule has 1 N–H and O–H groups in total. The van der Waals surface area contributed by atoms with Crippen molar-refractivity contribution in [3.05, 3.63) is 54.2 Å². The summed E-state index contributed by atoms with van der Waals surface area (Å²) in [5.74, 6) is 2.49. The molecule has 2 aliphatic heterocycles. The topological polar surface area (TPSA) is 74.8 Å². The first-order valence-electron chi connectivity index (χ1n) is 12.0. The van der Waals surface area contributed by atoms with Crippen LogP contribution < -0.4 is 15.0 Å². The zero-order chi connectivity index (χ0) is 22.8. The van der Waals surface area contributed by atoms with Gasteiger partial charge in [-0.05, 0) is 68.0 Å². The second-order valence-corrected chi connectivity index (χ2v) is 9.66. The van der Waals surface area contributed by atoms with Gasteiger partial charge in [0.1, 0.15) is 11.6 Å². The van der Waals surface area contributed by atoms with Gasteiger partial charge in [-0.15, -0.1) is 0 Å². The standard InChI is InChI=1S/C26H32N4O3/c1-33-22-10-8-20(9-11-22)24(31)29-14-4-12-26(25(32)28-15-19-6-7-19)18-30(17-21(26)16-29)23-5-2-3-13-27-23/h2-3,5,8-11,13,19,21H,4,6-7,12,14-18H2,1H3,(H,28,32)/t21-,26-/m1/s1. The monoisotopic (exact) mass is 448 g/mol. The fraction of sp³-hybridized carbons (Fsp3) is 0.500. The van der Waals surface area contributed by atoms with Gasteiger partial charge in [0.05, 0.1) is 12.5 Å². The lowest BCUT2D eigenvalue weighted by atomic mass is 9.74. The lowest BCUT2D eigenvalue weighted by molar-refractivity contribution is -0.132. The first kappa shape index (κ1) is 21.7. The van der Waals surface area contributed by atoms with Crippen molar-refractivity contribution in [1.82, 2.24) is 15.2 Å². The summed E-state index contributed by atoms with van der Waals surface area (Å²) in [5, 5.41) is 3.26. The summed E-state index contributed by atoms with van der Waals surface area (Å²) in [7, 11) is 1.62. The van der Waals surface area contributed by atoms with Crippen molar-refractivity contribution in [1.29, 1.82) is 0 Å². The minimum atomic E-state index is -0.499. The summed E-state index contributed by atoms with van der Waals surface area (Å²) in [6.07, 6.45) is 5.81. The number of carbonyl (C=O) groups is 2. The highest BCUT2D eigenvalue weighted by Crippen LogP contribution is 2.44. The third-order valence-electron chi connectivity index (χ3n) is 7.48. The summed E-state index contributed by atoms with van der Waals surface area (Å²) >= 11 is 0. The van der Waals surface area contributed by atoms with E-state index in [-0.39, 0.29) is 17.7 Å². The van der Waals surface area contributed by atoms with Crippen LogP contribution in [0.2, 0.25) is 0 Å². The van der Waals surface area contributed by atoms with Gasteiger partial charge in [-0.2, -0.15) is 0 Å². The molecular formula is C26H32N4O3. The van der Waals surface area contributed by atoms with E-state index in [2.05, 4.69) is 15.2 Å². The highest BCUT2D eigenvalue weighted by Gasteiger charge is 2.53. The number of aromatic nitrogens is 1. The smallest absolute Gasteiger partial charge is 0.253 e. The molecule has 7 nitrogen and oxygen atoms in total. The van der Waals surface area contributed by atoms with Crippen LogP contribution in [0.3, 0.4) is 0 Å². The molecule has 2 atom stereocenters. The van der Waals surface area contributed by atoms with E-state index >= 15 is 0 Å². The van der Waals surface area contributed by atoms with Crippen LogP contribution in [0.1, 0.15) is 36.0 Å². The Morgan fingerprint density at radius 2 is 1.97 bits per heavy atom. The molecule has 2 saturated heterocycles. The Bertz CT molecular complexity index is 992. The number of hydrogen-bond acceptors (Lipinski definition) is 5. The number of rotatable bonds is 6. The van der Waals surface area contributed by atoms with Crippen molar-refractivity contribution in [2.24, 2.45) is 17.3 Å². The fourth-order valence-electron chi connectivity index (χ4n) is 5.36. The van der Waals surface area contributed by atoms with Crippen molar-refractivity contribution in [2.75, 3.05) is 44.7 Å². The van der Waals surface area contributed by atoms with Gasteiger partial charge in [-0.1, -0.05) is 6.07 Å². The van der Waals surface area contributed by atoms with Gasteiger partial charge in [0.15, 0.2) is 0 Å². The first-order valence-corrected chi connectivity index (χ1v) is 12.0. The number of ether oxygens (including phenoxy) is 1. The third-order valence-corrected chi connectivity index (χ3v) is 7.48. The number of fused-ring (bicyclic) bond motifs is 1. The molecule has 2 aromatic rings. The molecule has 0 radical (unpaired) electrons. The van der Waals surface area contributed by atoms with Crippen molar-refractivity contribution in [3.63, 3.8) is 0 Å². The Balaban J connectivity index is 1.39. The molecule has 1 aliphatic carbocycles. The molecule has 3 fully saturated rings. The summed E-state index contributed by atoms with van der Waals surface area (Å²) in [6.45, 7) is 3.38. The van der Waals surface area contributed by atoms with Gasteiger partial charge in [0.25, 0.3) is 5.91 Å². The van der Waals surface area contributed by atoms with Crippen LogP contribution in [0.4, 0.5) is 5.82 Å². The van der Waals surface area contributed by atoms with Gasteiger partial charge in [-0.25, -0.2) is 4.98 Å². The predicted octanol–water partition coefficient (Wildman–Crippen LogP) is 2.98. The van der Waals surface area contributed by atoms with Gasteiger partial charge in [0, 0.05) is 50.4 Å². The van der Waals surface area contributed by atoms with Crippen molar-refractivity contribution in [3.8, 4) is 5.75 Å². The number of hydrogen-bond donors (Lipinski definition) is 1. The summed E-state index contributed by atoms with van der Waals surface area (Å²) in [5.41, 5.74) is 0.155. The maximum atomic E-state index is 13.6. The molecular weight excluding hydrogens is 416 g/mol. The fourth-order valence-corrected chi connectivity index (χ4v) is 5.36. The number of benzene rings is 1. The van der Waals surface area contributed by atoms with Crippen LogP contribution in [-0.4, -0.2) is 61.5 Å². The van der Waals surface area contributed by atoms with E-state index in [1.165, 1.54) is 12.8 Å². The average molecular weight is 449 g/mol. The second kappa shape index (κ2) is 9.04. The Morgan fingerprint density at radius 3 is 2.67 bits per heavy atom. The maximum absolute atomic E-state index is 13.6. The first-order chi connectivity index (χ1) is 16.1. The summed E-state index contributed by atoms with van der Waals surface area (Å²) in [4.78, 5) is 35.6. The van der Waals surface area contributed by atoms with Crippen LogP contribution in [-0.2, 0) is 4.79 Å². The zero-order valence-electron chi connectivity index (χ0n) is 19.2. The highest BCUT2D eigenvalue weighted by atomic mass is 16.5. The molecule has 0 spiro atoms. The molecule has 2 amide bonds. The molecule has 3 aliphatic rings. The quantitative estimate of drug-likeness (QED) is 0.736. The van der Waals surface area contributed by atoms with Crippen LogP contribution in [0.25, 0.3) is 0 Å². The van der Waals surface area contributed by atoms with Gasteiger partial charge < -0.3 is 19.9 Å². The molecule has 0 bridgehead atoms. The number of pyridine rings is 1. The zero-order valence-corrected chi connectivity index (χ0v) is 19.2. The normalized spacial score (nSPS) is 24.7. The number of methoxy groups -OCH3 is 1. The van der Waals surface area contributed by atoms with E-state index < -0.39 is 5.41 Å². The molecule has 7 heteroatoms. The summed E-state index contributed by atoms with van der Waals surface area (Å²) < 4.78 is 5.23. The van der Waals surface area contributed by atoms with Crippen LogP contribution >= 0.6 is 0 Å². The number of likely N-dealkylation sites (tertiary alicyclic amines) is 1. The van der Waals surface area contributed by atoms with E-state index in [1.54, 1.807) is 13.3 Å². The maximum Gasteiger partial charge on any atom is 0.253 e. The molecule has 3 heterocycles. The number of amides is 2. The Hall–Kier alpha value is -3.09. The number of anilines is 1. The van der Waals surface area contributed by atoms with E-state index in [4.69, 9.17) is 4.74 Å². The average Bonchev–Trinajstić information content (AvgIpc) is 3.65. The second-order valence-electron chi connectivity index (χ2n) is 9.66. The third kappa shape index (κ3) is 4.41. The van der Waals surface area contributed by atoms with E-state index in [0.29, 0.717) is 31.1 Å². The molecule has 1 aromatic carbocycles. The number of nitrogens with zero attached hydrogens (tertiary/aromatic N) is 3. The van der Waals surface area contributed by atoms with Crippen LogP contribution in [0.5, 0.6) is 5.75 Å². The number of nitrogens with one attached hydrogen (secondary N) is 1. The minimum Gasteiger partial charge on any atom is -0.497 e. The van der Waals surface area contributed by atoms with E-state index in [0.717, 1.165) is 37.5 Å². The lowest BCUT2D eigenvalue weighted by Gasteiger charge is -2.32. The van der Waals surface area contributed by atoms with Crippen molar-refractivity contribution < 1.29 is 14.3 Å². The lowest BCUT2D eigenvalue weighted by Crippen LogP contribution is -2.48. The minimum absolute atomic E-state index is 0.0168. The van der Waals surface area contributed by atoms with Crippen molar-refractivity contribution in [2.45, 2.75) is 25.7 Å². The molecule has 5 rings (SSSR count). The van der Waals surface area contributed by atoms with Crippen molar-refractivity contribution >= 4 is 17.6 Å². The van der Waals surface area contributed by atoms with E-state index in [9.17, 15) is 9.59 Å². The predicted molar refractivity (Wildman–Crippen MR) is 126 cm³/mol. The van der Waals surface area contributed by atoms with Gasteiger partial charge >= 0.3 is 0 Å². The Labute approximate surface area is 195 Å². The molecule has 0 unspecified atom stereocenters. The van der Waals surface area contributed by atoms with Crippen LogP contribution in [0, 0.1) is 17.3 Å². The Kier molecular flexibility index (Phi) is 5.96.